The van der Waals surface area contributed by atoms with Gasteiger partial charge in [0.2, 0.25) is 37.8 Å². The maximum absolute atomic E-state index is 14.8. The molecule has 8 aliphatic rings. The monoisotopic (exact) mass is 1550 g/mol. The lowest BCUT2D eigenvalue weighted by atomic mass is 9.85. The maximum atomic E-state index is 14.8. The van der Waals surface area contributed by atoms with Crippen molar-refractivity contribution in [3.8, 4) is 0 Å². The van der Waals surface area contributed by atoms with Crippen LogP contribution < -0.4 is 40.9 Å². The van der Waals surface area contributed by atoms with E-state index in [0.717, 1.165) is 96.1 Å². The number of anilines is 2. The summed E-state index contributed by atoms with van der Waals surface area (Å²) < 4.78 is 76.0. The first-order valence-electron chi connectivity index (χ1n) is 38.0. The van der Waals surface area contributed by atoms with Crippen LogP contribution in [0.15, 0.2) is 86.0 Å². The van der Waals surface area contributed by atoms with Gasteiger partial charge >= 0.3 is 18.2 Å². The highest BCUT2D eigenvalue weighted by Gasteiger charge is 2.63. The lowest BCUT2D eigenvalue weighted by Gasteiger charge is -2.36. The van der Waals surface area contributed by atoms with Crippen LogP contribution in [-0.2, 0) is 91.8 Å². The van der Waals surface area contributed by atoms with Crippen LogP contribution in [0.3, 0.4) is 0 Å². The number of methoxy groups -OCH3 is 2. The molecule has 12 rings (SSSR count). The average Bonchev–Trinajstić information content (AvgIpc) is 1.60. The molecule has 8 N–H and O–H groups in total. The molecule has 596 valence electrons. The zero-order valence-electron chi connectivity index (χ0n) is 65.2. The molecule has 7 amide bonds. The van der Waals surface area contributed by atoms with E-state index in [9.17, 15) is 60.3 Å². The summed E-state index contributed by atoms with van der Waals surface area (Å²) in [6.45, 7) is 18.8. The Morgan fingerprint density at radius 1 is 0.578 bits per heavy atom. The van der Waals surface area contributed by atoms with Crippen molar-refractivity contribution >= 4 is 101 Å². The first-order chi connectivity index (χ1) is 51.2. The lowest BCUT2D eigenvalue weighted by Crippen LogP contribution is -2.60. The van der Waals surface area contributed by atoms with Crippen LogP contribution in [0.5, 0.6) is 0 Å². The molecule has 4 aliphatic carbocycles. The summed E-state index contributed by atoms with van der Waals surface area (Å²) in [5, 5.41) is 21.7. The quantitative estimate of drug-likeness (QED) is 0.0548. The number of carbonyl (C=O) groups excluding carboxylic acids is 7. The molecule has 6 fully saturated rings. The van der Waals surface area contributed by atoms with Crippen molar-refractivity contribution in [3.63, 3.8) is 0 Å². The van der Waals surface area contributed by atoms with Crippen LogP contribution in [0.25, 0.3) is 21.5 Å². The van der Waals surface area contributed by atoms with Crippen molar-refractivity contribution in [2.75, 3.05) is 78.5 Å². The van der Waals surface area contributed by atoms with Gasteiger partial charge in [0.05, 0.1) is 36.8 Å². The van der Waals surface area contributed by atoms with E-state index in [4.69, 9.17) is 24.7 Å². The second kappa shape index (κ2) is 32.5. The van der Waals surface area contributed by atoms with Crippen molar-refractivity contribution in [1.82, 2.24) is 35.2 Å². The number of hydrogen-bond acceptors (Lipinski definition) is 19. The second-order valence-electron chi connectivity index (χ2n) is 33.4. The van der Waals surface area contributed by atoms with Crippen LogP contribution in [0, 0.1) is 22.7 Å². The largest absolute Gasteiger partial charge is 0.480 e. The lowest BCUT2D eigenvalue weighted by molar-refractivity contribution is -0.150. The number of hydrogen-bond donors (Lipinski definition) is 7. The van der Waals surface area contributed by atoms with E-state index < -0.39 is 141 Å². The number of carboxylic acid groups (broad SMARTS) is 1. The van der Waals surface area contributed by atoms with Crippen molar-refractivity contribution in [2.45, 2.75) is 214 Å². The third-order valence-electron chi connectivity index (χ3n) is 22.8. The number of nitrogens with two attached hydrogens (primary N) is 1. The van der Waals surface area contributed by atoms with E-state index in [1.54, 1.807) is 20.3 Å². The maximum Gasteiger partial charge on any atom is 0.407 e. The van der Waals surface area contributed by atoms with Gasteiger partial charge in [-0.1, -0.05) is 104 Å². The number of aryl methyl sites for hydroxylation is 2. The Bertz CT molecular complexity index is 4420. The van der Waals surface area contributed by atoms with Gasteiger partial charge in [0, 0.05) is 78.5 Å². The van der Waals surface area contributed by atoms with Gasteiger partial charge in [-0.2, -0.15) is 0 Å². The number of rotatable bonds is 15. The molecule has 4 aromatic rings. The first kappa shape index (κ1) is 83.1. The number of fused-ring (bicyclic) bond motifs is 10. The fourth-order valence-electron chi connectivity index (χ4n) is 15.5. The van der Waals surface area contributed by atoms with Gasteiger partial charge in [0.1, 0.15) is 46.4 Å². The standard InChI is InChI=1S/C40H55N5O8S.C31H43N3O6.C9H14N2O3S/c1-8-28-22-40(28,36(48)43-54(50,51)30-16-17-30)42-34(46)32-23-39(52-7)24-45(32)35(47)33(38(2,3)4)41-37(49)53-18-12-10-9-11-13-26-19-27-20-29(39)15-14-25(27)21-31(26)44(5)6;1-30(2,3)26-27(35)34-19-31(39-6,18-25(34)28(36)37)23-13-12-20-17-24(33(4)5)21(15-22(20)16-23)11-9-7-8-10-14-40-29(38)32-26;1-2-6-5-9(6,10)8(12)11-15(13,14)7-3-4-7/h8,14-15,19-21,28,30,32-33H,1,9-13,16-18,22-24H2,2-7H3,(H,41,49)(H,42,46)(H,43,48);12-13,15-17,25-26H,7-11,14,18-19H2,1-6H3,(H,32,38)(H,36,37);2,6-7H,1,3-5,10H2,(H,11,12)/t28-,32+,33-,39+,40-;25-,26+,31-;6-,9-/m101/s1. The summed E-state index contributed by atoms with van der Waals surface area (Å²) in [4.78, 5) is 114. The van der Waals surface area contributed by atoms with Crippen molar-refractivity contribution in [2.24, 2.45) is 28.4 Å². The molecular formula is C80H112N10O17S2. The minimum atomic E-state index is -3.90. The van der Waals surface area contributed by atoms with E-state index in [1.807, 2.05) is 98.7 Å². The highest BCUT2D eigenvalue weighted by molar-refractivity contribution is 7.91. The Morgan fingerprint density at radius 3 is 1.37 bits per heavy atom. The van der Waals surface area contributed by atoms with E-state index in [-0.39, 0.29) is 51.5 Å². The Kier molecular flexibility index (Phi) is 24.8. The Morgan fingerprint density at radius 2 is 0.991 bits per heavy atom. The van der Waals surface area contributed by atoms with Gasteiger partial charge in [-0.25, -0.2) is 31.2 Å². The van der Waals surface area contributed by atoms with Crippen molar-refractivity contribution in [1.29, 1.82) is 0 Å². The molecule has 0 aromatic heterocycles. The molecule has 0 spiro atoms. The van der Waals surface area contributed by atoms with Crippen molar-refractivity contribution in [3.05, 3.63) is 108 Å². The Labute approximate surface area is 641 Å². The molecule has 4 saturated carbocycles. The molecule has 27 nitrogen and oxygen atoms in total. The summed E-state index contributed by atoms with van der Waals surface area (Å²) in [6, 6.07) is 16.6. The number of aliphatic carboxylic acids is 1. The summed E-state index contributed by atoms with van der Waals surface area (Å²) >= 11 is 0. The molecule has 4 aromatic carbocycles. The zero-order chi connectivity index (χ0) is 79.7. The topological polar surface area (TPSA) is 361 Å². The molecule has 0 unspecified atom stereocenters. The van der Waals surface area contributed by atoms with Gasteiger partial charge in [0.15, 0.2) is 0 Å². The number of carbonyl (C=O) groups is 8. The number of alkyl carbamates (subject to hydrolysis) is 2. The van der Waals surface area contributed by atoms with Crippen molar-refractivity contribution < 1.29 is 79.2 Å². The molecule has 29 heteroatoms. The van der Waals surface area contributed by atoms with Gasteiger partial charge in [-0.15, -0.1) is 13.2 Å². The molecule has 10 atom stereocenters. The van der Waals surface area contributed by atoms with Crippen LogP contribution in [0.1, 0.15) is 167 Å². The number of benzene rings is 4. The minimum Gasteiger partial charge on any atom is -0.480 e. The SMILES string of the molecule is C=C[C@@H]1C[C@]1(N)C(=O)NS(=O)(=O)C1CC1.C=C[C@@H]1C[C@]1(NC(=O)[C@@H]1C[C@]2(OC)CN1C(=O)[C@H](C(C)(C)C)NC(=O)OCCCCCCc1cc3cc2ccc3cc1N(C)C)C(=O)NS(=O)(=O)C1CC1.CO[C@@]12C[C@@H](C(=O)O)N(C1)C(=O)[C@H](C(C)(C)C)NC(=O)OCCCCCCc1cc3cc2ccc3cc1N(C)C. The second-order valence-corrected chi connectivity index (χ2v) is 37.3. The molecule has 109 heavy (non-hydrogen) atoms. The average molecular weight is 1550 g/mol. The van der Waals surface area contributed by atoms with Gasteiger partial charge in [0.25, 0.3) is 11.8 Å². The van der Waals surface area contributed by atoms with Crippen LogP contribution in [-0.4, -0.2) is 194 Å². The molecule has 0 radical (unpaired) electrons. The molecule has 2 saturated heterocycles. The predicted octanol–water partition coefficient (Wildman–Crippen LogP) is 8.46. The third kappa shape index (κ3) is 18.5. The van der Waals surface area contributed by atoms with Crippen LogP contribution in [0.2, 0.25) is 0 Å². The molecule has 4 aliphatic heterocycles. The van der Waals surface area contributed by atoms with E-state index in [1.165, 1.54) is 32.7 Å². The van der Waals surface area contributed by atoms with E-state index in [0.29, 0.717) is 38.5 Å². The summed E-state index contributed by atoms with van der Waals surface area (Å²) in [5.74, 6) is -4.76. The van der Waals surface area contributed by atoms with Gasteiger partial charge < -0.3 is 65.3 Å². The Balaban J connectivity index is 0.000000200. The van der Waals surface area contributed by atoms with E-state index in [2.05, 4.69) is 80.0 Å². The molecular weight excluding hydrogens is 1440 g/mol. The number of cyclic esters (lactones) is 2. The normalized spacial score (nSPS) is 27.8. The zero-order valence-corrected chi connectivity index (χ0v) is 66.8. The smallest absolute Gasteiger partial charge is 0.407 e. The summed E-state index contributed by atoms with van der Waals surface area (Å²) in [6.07, 6.45) is 13.6. The number of amides is 7. The third-order valence-corrected chi connectivity index (χ3v) is 26.4. The summed E-state index contributed by atoms with van der Waals surface area (Å²) in [5.41, 5.74) is 5.83. The van der Waals surface area contributed by atoms with Gasteiger partial charge in [-0.05, 0) is 168 Å². The highest BCUT2D eigenvalue weighted by atomic mass is 32.2. The first-order valence-corrected chi connectivity index (χ1v) is 41.1. The predicted molar refractivity (Wildman–Crippen MR) is 416 cm³/mol. The van der Waals surface area contributed by atoms with Crippen LogP contribution >= 0.6 is 0 Å². The number of carboxylic acids is 1. The Hall–Kier alpha value is -8.38. The fourth-order valence-corrected chi connectivity index (χ4v) is 18.2. The summed E-state index contributed by atoms with van der Waals surface area (Å²) in [7, 11) is 3.88. The number of nitrogens with zero attached hydrogens (tertiary/aromatic N) is 4. The number of sulfonamides is 2. The molecule has 4 heterocycles. The van der Waals surface area contributed by atoms with Gasteiger partial charge in [-0.3, -0.25) is 33.4 Å². The molecule has 10 bridgehead atoms. The number of ether oxygens (including phenoxy) is 4. The van der Waals surface area contributed by atoms with Crippen LogP contribution in [0.4, 0.5) is 21.0 Å². The fraction of sp³-hybridized carbons (Fsp3) is 0.600. The number of nitrogens with one attached hydrogen (secondary N) is 5. The van der Waals surface area contributed by atoms with E-state index >= 15 is 0 Å². The highest BCUT2D eigenvalue weighted by Crippen LogP contribution is 2.49. The minimum absolute atomic E-state index is 0.0297.